The highest BCUT2D eigenvalue weighted by atomic mass is 32.2. The van der Waals surface area contributed by atoms with Crippen molar-refractivity contribution in [2.24, 2.45) is 0 Å². The summed E-state index contributed by atoms with van der Waals surface area (Å²) < 4.78 is 27.7. The highest BCUT2D eigenvalue weighted by Gasteiger charge is 2.35. The van der Waals surface area contributed by atoms with Gasteiger partial charge in [-0.2, -0.15) is 0 Å². The van der Waals surface area contributed by atoms with Crippen LogP contribution in [0.2, 0.25) is 0 Å². The molecular formula is C22H18N2O4S. The molecule has 146 valence electrons. The number of carbonyl (C=O) groups is 2. The zero-order chi connectivity index (χ0) is 20.6. The van der Waals surface area contributed by atoms with Crippen LogP contribution in [-0.2, 0) is 16.4 Å². The summed E-state index contributed by atoms with van der Waals surface area (Å²) in [4.78, 5) is 30.0. The minimum Gasteiger partial charge on any atom is -0.289 e. The Bertz CT molecular complexity index is 1220. The molecule has 29 heavy (non-hydrogen) atoms. The fourth-order valence-electron chi connectivity index (χ4n) is 3.43. The van der Waals surface area contributed by atoms with Crippen LogP contribution in [0.5, 0.6) is 0 Å². The third-order valence-electron chi connectivity index (χ3n) is 5.01. The zero-order valence-electron chi connectivity index (χ0n) is 15.7. The van der Waals surface area contributed by atoms with E-state index in [9.17, 15) is 18.0 Å². The fourth-order valence-corrected chi connectivity index (χ4v) is 4.81. The number of ketones is 2. The smallest absolute Gasteiger partial charge is 0.243 e. The predicted molar refractivity (Wildman–Crippen MR) is 108 cm³/mol. The van der Waals surface area contributed by atoms with Crippen LogP contribution in [0.4, 0.5) is 0 Å². The van der Waals surface area contributed by atoms with Crippen molar-refractivity contribution in [1.29, 1.82) is 0 Å². The van der Waals surface area contributed by atoms with Crippen LogP contribution in [-0.4, -0.2) is 42.9 Å². The third-order valence-corrected chi connectivity index (χ3v) is 6.91. The molecular weight excluding hydrogens is 388 g/mol. The quantitative estimate of drug-likeness (QED) is 0.509. The van der Waals surface area contributed by atoms with E-state index in [4.69, 9.17) is 0 Å². The molecule has 4 rings (SSSR count). The molecule has 0 radical (unpaired) electrons. The molecule has 0 saturated carbocycles. The molecule has 0 amide bonds. The molecule has 0 spiro atoms. The third kappa shape index (κ3) is 3.28. The van der Waals surface area contributed by atoms with Gasteiger partial charge in [-0.1, -0.05) is 42.5 Å². The van der Waals surface area contributed by atoms with E-state index >= 15 is 0 Å². The van der Waals surface area contributed by atoms with Crippen molar-refractivity contribution in [3.8, 4) is 0 Å². The molecule has 0 bridgehead atoms. The van der Waals surface area contributed by atoms with Gasteiger partial charge in [0.05, 0.1) is 10.5 Å². The van der Waals surface area contributed by atoms with Crippen LogP contribution in [0, 0.1) is 0 Å². The maximum atomic E-state index is 13.2. The molecule has 6 nitrogen and oxygen atoms in total. The lowest BCUT2D eigenvalue weighted by Gasteiger charge is -2.23. The Morgan fingerprint density at radius 2 is 1.48 bits per heavy atom. The number of benzene rings is 2. The van der Waals surface area contributed by atoms with E-state index in [1.54, 1.807) is 36.5 Å². The van der Waals surface area contributed by atoms with E-state index in [2.05, 4.69) is 4.98 Å². The molecule has 0 aliphatic heterocycles. The average molecular weight is 406 g/mol. The number of pyridine rings is 1. The molecule has 0 atom stereocenters. The molecule has 1 aromatic heterocycles. The molecule has 1 heterocycles. The number of hydrogen-bond donors (Lipinski definition) is 0. The summed E-state index contributed by atoms with van der Waals surface area (Å²) >= 11 is 0. The van der Waals surface area contributed by atoms with Crippen LogP contribution < -0.4 is 0 Å². The van der Waals surface area contributed by atoms with Crippen molar-refractivity contribution < 1.29 is 18.0 Å². The minimum atomic E-state index is -3.98. The molecule has 0 N–H and O–H groups in total. The Kier molecular flexibility index (Phi) is 4.86. The summed E-state index contributed by atoms with van der Waals surface area (Å²) in [5, 5.41) is 0. The highest BCUT2D eigenvalue weighted by molar-refractivity contribution is 7.89. The van der Waals surface area contributed by atoms with E-state index in [0.29, 0.717) is 12.0 Å². The summed E-state index contributed by atoms with van der Waals surface area (Å²) in [6.07, 6.45) is 2.08. The van der Waals surface area contributed by atoms with Crippen molar-refractivity contribution in [2.75, 3.05) is 13.6 Å². The molecule has 3 aromatic rings. The molecule has 1 aliphatic rings. The summed E-state index contributed by atoms with van der Waals surface area (Å²) in [5.74, 6) is -0.795. The first-order valence-corrected chi connectivity index (χ1v) is 10.5. The average Bonchev–Trinajstić information content (AvgIpc) is 2.76. The SMILES string of the molecule is CN(CCc1ccccn1)S(=O)(=O)c1cccc2c1C(=O)c1ccccc1C2=O. The fraction of sp³-hybridized carbons (Fsp3) is 0.136. The molecule has 0 saturated heterocycles. The Hall–Kier alpha value is -3.16. The first kappa shape index (κ1) is 19.2. The van der Waals surface area contributed by atoms with Gasteiger partial charge in [0, 0.05) is 48.6 Å². The largest absolute Gasteiger partial charge is 0.289 e. The number of fused-ring (bicyclic) bond motifs is 2. The lowest BCUT2D eigenvalue weighted by molar-refractivity contribution is 0.0976. The van der Waals surface area contributed by atoms with Crippen molar-refractivity contribution in [1.82, 2.24) is 9.29 Å². The standard InChI is InChI=1S/C22H18N2O4S/c1-24(14-12-15-7-4-5-13-23-15)29(27,28)19-11-6-10-18-20(19)22(26)17-9-3-2-8-16(17)21(18)25/h2-11,13H,12,14H2,1H3. The molecule has 7 heteroatoms. The van der Waals surface area contributed by atoms with Crippen LogP contribution in [0.3, 0.4) is 0 Å². The summed E-state index contributed by atoms with van der Waals surface area (Å²) in [6, 6.07) is 16.3. The Labute approximate surface area is 168 Å². The molecule has 0 unspecified atom stereocenters. The monoisotopic (exact) mass is 406 g/mol. The number of sulfonamides is 1. The van der Waals surface area contributed by atoms with Crippen molar-refractivity contribution >= 4 is 21.6 Å². The van der Waals surface area contributed by atoms with E-state index in [0.717, 1.165) is 5.69 Å². The number of aromatic nitrogens is 1. The van der Waals surface area contributed by atoms with Gasteiger partial charge in [-0.3, -0.25) is 14.6 Å². The van der Waals surface area contributed by atoms with Gasteiger partial charge in [-0.05, 0) is 18.2 Å². The van der Waals surface area contributed by atoms with Crippen LogP contribution >= 0.6 is 0 Å². The second-order valence-electron chi connectivity index (χ2n) is 6.78. The van der Waals surface area contributed by atoms with E-state index < -0.39 is 15.8 Å². The highest BCUT2D eigenvalue weighted by Crippen LogP contribution is 2.32. The van der Waals surface area contributed by atoms with E-state index in [-0.39, 0.29) is 33.9 Å². The number of rotatable bonds is 5. The van der Waals surface area contributed by atoms with Crippen molar-refractivity contribution in [3.05, 3.63) is 94.8 Å². The van der Waals surface area contributed by atoms with E-state index in [1.807, 2.05) is 12.1 Å². The van der Waals surface area contributed by atoms with Crippen LogP contribution in [0.25, 0.3) is 0 Å². The Morgan fingerprint density at radius 1 is 0.828 bits per heavy atom. The topological polar surface area (TPSA) is 84.4 Å². The van der Waals surface area contributed by atoms with Gasteiger partial charge in [0.2, 0.25) is 10.0 Å². The second-order valence-corrected chi connectivity index (χ2v) is 8.79. The summed E-state index contributed by atoms with van der Waals surface area (Å²) in [7, 11) is -2.52. The van der Waals surface area contributed by atoms with E-state index in [1.165, 1.54) is 29.6 Å². The number of likely N-dealkylation sites (N-methyl/N-ethyl adjacent to an activating group) is 1. The van der Waals surface area contributed by atoms with Gasteiger partial charge in [0.1, 0.15) is 0 Å². The normalized spacial score (nSPS) is 13.3. The molecule has 1 aliphatic carbocycles. The summed E-state index contributed by atoms with van der Waals surface area (Å²) in [6.45, 7) is 0.196. The van der Waals surface area contributed by atoms with Gasteiger partial charge < -0.3 is 0 Å². The lowest BCUT2D eigenvalue weighted by atomic mass is 9.84. The molecule has 2 aromatic carbocycles. The Balaban J connectivity index is 1.72. The number of hydrogen-bond acceptors (Lipinski definition) is 5. The second kappa shape index (κ2) is 7.35. The van der Waals surface area contributed by atoms with Gasteiger partial charge in [0.15, 0.2) is 11.6 Å². The first-order chi connectivity index (χ1) is 13.9. The van der Waals surface area contributed by atoms with Gasteiger partial charge in [-0.25, -0.2) is 12.7 Å². The van der Waals surface area contributed by atoms with Gasteiger partial charge in [0.25, 0.3) is 0 Å². The Morgan fingerprint density at radius 3 is 2.17 bits per heavy atom. The number of carbonyl (C=O) groups excluding carboxylic acids is 2. The van der Waals surface area contributed by atoms with Crippen molar-refractivity contribution in [3.63, 3.8) is 0 Å². The number of nitrogens with zero attached hydrogens (tertiary/aromatic N) is 2. The van der Waals surface area contributed by atoms with Crippen LogP contribution in [0.15, 0.2) is 71.8 Å². The van der Waals surface area contributed by atoms with Crippen molar-refractivity contribution in [2.45, 2.75) is 11.3 Å². The van der Waals surface area contributed by atoms with Gasteiger partial charge >= 0.3 is 0 Å². The summed E-state index contributed by atoms with van der Waals surface area (Å²) in [5.41, 5.74) is 1.35. The maximum absolute atomic E-state index is 13.2. The maximum Gasteiger partial charge on any atom is 0.243 e. The molecule has 0 fully saturated rings. The zero-order valence-corrected chi connectivity index (χ0v) is 16.5. The lowest BCUT2D eigenvalue weighted by Crippen LogP contribution is -2.32. The van der Waals surface area contributed by atoms with Crippen LogP contribution in [0.1, 0.15) is 37.5 Å². The first-order valence-electron chi connectivity index (χ1n) is 9.09. The predicted octanol–water partition coefficient (Wildman–Crippen LogP) is 2.72. The van der Waals surface area contributed by atoms with Gasteiger partial charge in [-0.15, -0.1) is 0 Å². The minimum absolute atomic E-state index is 0.0547.